The molecule has 2 atom stereocenters. The lowest BCUT2D eigenvalue weighted by molar-refractivity contribution is -0.0334. The standard InChI is InChI=1S/C12H20N4O3/c1-2-16-5-6-18-9(7-16)10-14-11(19-15-10)12(17)3-4-13-8-12/h9,13,17H,2-8H2,1H3. The fourth-order valence-corrected chi connectivity index (χ4v) is 2.56. The minimum atomic E-state index is -1.02. The summed E-state index contributed by atoms with van der Waals surface area (Å²) in [4.78, 5) is 6.62. The molecule has 7 heteroatoms. The summed E-state index contributed by atoms with van der Waals surface area (Å²) < 4.78 is 10.9. The highest BCUT2D eigenvalue weighted by Crippen LogP contribution is 2.28. The Morgan fingerprint density at radius 3 is 3.21 bits per heavy atom. The first-order valence-electron chi connectivity index (χ1n) is 6.82. The summed E-state index contributed by atoms with van der Waals surface area (Å²) in [6.07, 6.45) is 0.436. The Morgan fingerprint density at radius 1 is 1.58 bits per heavy atom. The van der Waals surface area contributed by atoms with Crippen LogP contribution in [0.25, 0.3) is 0 Å². The van der Waals surface area contributed by atoms with Crippen molar-refractivity contribution in [2.75, 3.05) is 39.3 Å². The van der Waals surface area contributed by atoms with Crippen LogP contribution in [0.2, 0.25) is 0 Å². The predicted octanol–water partition coefficient (Wildman–Crippen LogP) is -0.356. The Bertz CT molecular complexity index is 430. The number of nitrogens with zero attached hydrogens (tertiary/aromatic N) is 3. The van der Waals surface area contributed by atoms with E-state index < -0.39 is 5.60 Å². The van der Waals surface area contributed by atoms with Gasteiger partial charge in [0.05, 0.1) is 6.61 Å². The molecule has 2 N–H and O–H groups in total. The van der Waals surface area contributed by atoms with Gasteiger partial charge in [-0.1, -0.05) is 12.1 Å². The number of nitrogens with one attached hydrogen (secondary N) is 1. The molecule has 0 bridgehead atoms. The molecule has 0 amide bonds. The van der Waals surface area contributed by atoms with Crippen LogP contribution in [-0.4, -0.2) is 59.5 Å². The molecule has 0 aliphatic carbocycles. The zero-order chi connectivity index (χ0) is 13.3. The van der Waals surface area contributed by atoms with Crippen LogP contribution in [0.4, 0.5) is 0 Å². The van der Waals surface area contributed by atoms with Crippen molar-refractivity contribution in [1.82, 2.24) is 20.4 Å². The number of aliphatic hydroxyl groups is 1. The smallest absolute Gasteiger partial charge is 0.260 e. The Hall–Kier alpha value is -1.02. The fourth-order valence-electron chi connectivity index (χ4n) is 2.56. The van der Waals surface area contributed by atoms with E-state index in [0.29, 0.717) is 31.3 Å². The van der Waals surface area contributed by atoms with E-state index in [1.54, 1.807) is 0 Å². The molecule has 0 saturated carbocycles. The third kappa shape index (κ3) is 2.51. The van der Waals surface area contributed by atoms with Gasteiger partial charge in [0, 0.05) is 19.6 Å². The molecule has 3 rings (SSSR count). The predicted molar refractivity (Wildman–Crippen MR) is 66.5 cm³/mol. The highest BCUT2D eigenvalue weighted by Gasteiger charge is 2.39. The van der Waals surface area contributed by atoms with E-state index in [1.807, 2.05) is 0 Å². The number of β-amino-alcohol motifs (C(OH)–C–C–N with tert-alkyl or cyclic N) is 1. The normalized spacial score (nSPS) is 32.8. The van der Waals surface area contributed by atoms with Crippen molar-refractivity contribution < 1.29 is 14.4 Å². The molecular weight excluding hydrogens is 248 g/mol. The van der Waals surface area contributed by atoms with Crippen LogP contribution in [0.5, 0.6) is 0 Å². The highest BCUT2D eigenvalue weighted by molar-refractivity contribution is 5.05. The second kappa shape index (κ2) is 5.16. The summed E-state index contributed by atoms with van der Waals surface area (Å²) >= 11 is 0. The van der Waals surface area contributed by atoms with E-state index in [4.69, 9.17) is 9.26 Å². The van der Waals surface area contributed by atoms with Crippen molar-refractivity contribution in [1.29, 1.82) is 0 Å². The number of aromatic nitrogens is 2. The Kier molecular flexibility index (Phi) is 3.53. The molecule has 2 fully saturated rings. The van der Waals surface area contributed by atoms with Gasteiger partial charge in [-0.15, -0.1) is 0 Å². The lowest BCUT2D eigenvalue weighted by atomic mass is 10.0. The molecule has 7 nitrogen and oxygen atoms in total. The van der Waals surface area contributed by atoms with Crippen molar-refractivity contribution in [3.8, 4) is 0 Å². The van der Waals surface area contributed by atoms with E-state index in [0.717, 1.165) is 26.2 Å². The van der Waals surface area contributed by atoms with Gasteiger partial charge in [-0.2, -0.15) is 4.98 Å². The van der Waals surface area contributed by atoms with Crippen LogP contribution in [0, 0.1) is 0 Å². The molecule has 0 spiro atoms. The largest absolute Gasteiger partial charge is 0.379 e. The van der Waals surface area contributed by atoms with Gasteiger partial charge in [0.25, 0.3) is 5.89 Å². The second-order valence-corrected chi connectivity index (χ2v) is 5.17. The molecule has 3 heterocycles. The summed E-state index contributed by atoms with van der Waals surface area (Å²) in [5, 5.41) is 17.4. The van der Waals surface area contributed by atoms with Gasteiger partial charge in [0.2, 0.25) is 5.82 Å². The van der Waals surface area contributed by atoms with Gasteiger partial charge in [-0.25, -0.2) is 0 Å². The summed E-state index contributed by atoms with van der Waals surface area (Å²) in [5.74, 6) is 0.832. The number of hydrogen-bond acceptors (Lipinski definition) is 7. The van der Waals surface area contributed by atoms with E-state index in [2.05, 4.69) is 27.3 Å². The van der Waals surface area contributed by atoms with Crippen molar-refractivity contribution in [2.45, 2.75) is 25.0 Å². The quantitative estimate of drug-likeness (QED) is 0.774. The molecule has 0 aromatic carbocycles. The molecule has 106 valence electrons. The van der Waals surface area contributed by atoms with Gasteiger partial charge in [-0.05, 0) is 19.5 Å². The number of morpholine rings is 1. The summed E-state index contributed by atoms with van der Waals surface area (Å²) in [7, 11) is 0. The first-order chi connectivity index (χ1) is 9.21. The number of likely N-dealkylation sites (N-methyl/N-ethyl adjacent to an activating group) is 1. The van der Waals surface area contributed by atoms with Crippen LogP contribution in [-0.2, 0) is 10.3 Å². The molecule has 1 aromatic rings. The molecule has 2 unspecified atom stereocenters. The molecular formula is C12H20N4O3. The monoisotopic (exact) mass is 268 g/mol. The molecule has 2 saturated heterocycles. The molecule has 1 aromatic heterocycles. The zero-order valence-electron chi connectivity index (χ0n) is 11.1. The van der Waals surface area contributed by atoms with Crippen molar-refractivity contribution in [3.63, 3.8) is 0 Å². The topological polar surface area (TPSA) is 83.7 Å². The lowest BCUT2D eigenvalue weighted by Crippen LogP contribution is -2.38. The Labute approximate surface area is 111 Å². The van der Waals surface area contributed by atoms with Crippen LogP contribution < -0.4 is 5.32 Å². The maximum absolute atomic E-state index is 10.4. The Balaban J connectivity index is 1.74. The number of rotatable bonds is 3. The molecule has 0 radical (unpaired) electrons. The first kappa shape index (κ1) is 13.0. The molecule has 2 aliphatic heterocycles. The van der Waals surface area contributed by atoms with Crippen LogP contribution in [0.3, 0.4) is 0 Å². The van der Waals surface area contributed by atoms with E-state index in [1.165, 1.54) is 0 Å². The first-order valence-corrected chi connectivity index (χ1v) is 6.82. The average molecular weight is 268 g/mol. The maximum atomic E-state index is 10.4. The summed E-state index contributed by atoms with van der Waals surface area (Å²) in [6, 6.07) is 0. The summed E-state index contributed by atoms with van der Waals surface area (Å²) in [6.45, 7) is 6.71. The van der Waals surface area contributed by atoms with Gasteiger partial charge < -0.3 is 19.7 Å². The van der Waals surface area contributed by atoms with Gasteiger partial charge in [-0.3, -0.25) is 4.90 Å². The van der Waals surface area contributed by atoms with Gasteiger partial charge in [0.1, 0.15) is 6.10 Å². The van der Waals surface area contributed by atoms with Crippen LogP contribution in [0.1, 0.15) is 31.2 Å². The van der Waals surface area contributed by atoms with E-state index in [9.17, 15) is 5.11 Å². The Morgan fingerprint density at radius 2 is 2.47 bits per heavy atom. The SMILES string of the molecule is CCN1CCOC(c2noc(C3(O)CCNC3)n2)C1. The minimum Gasteiger partial charge on any atom is -0.379 e. The zero-order valence-corrected chi connectivity index (χ0v) is 11.1. The average Bonchev–Trinajstić information content (AvgIpc) is 3.08. The lowest BCUT2D eigenvalue weighted by Gasteiger charge is -2.30. The number of ether oxygens (including phenoxy) is 1. The third-order valence-electron chi connectivity index (χ3n) is 3.86. The van der Waals surface area contributed by atoms with Crippen molar-refractivity contribution >= 4 is 0 Å². The molecule has 19 heavy (non-hydrogen) atoms. The second-order valence-electron chi connectivity index (χ2n) is 5.17. The maximum Gasteiger partial charge on any atom is 0.260 e. The number of hydrogen-bond donors (Lipinski definition) is 2. The highest BCUT2D eigenvalue weighted by atomic mass is 16.5. The molecule has 2 aliphatic rings. The summed E-state index contributed by atoms with van der Waals surface area (Å²) in [5.41, 5.74) is -1.02. The van der Waals surface area contributed by atoms with Crippen LogP contribution in [0.15, 0.2) is 4.52 Å². The minimum absolute atomic E-state index is 0.163. The van der Waals surface area contributed by atoms with E-state index in [-0.39, 0.29) is 6.10 Å². The fraction of sp³-hybridized carbons (Fsp3) is 0.833. The van der Waals surface area contributed by atoms with Gasteiger partial charge >= 0.3 is 0 Å². The van der Waals surface area contributed by atoms with Crippen LogP contribution >= 0.6 is 0 Å². The van der Waals surface area contributed by atoms with Gasteiger partial charge in [0.15, 0.2) is 5.60 Å². The van der Waals surface area contributed by atoms with Crippen molar-refractivity contribution in [2.24, 2.45) is 0 Å². The third-order valence-corrected chi connectivity index (χ3v) is 3.86. The van der Waals surface area contributed by atoms with E-state index >= 15 is 0 Å². The van der Waals surface area contributed by atoms with Crippen molar-refractivity contribution in [3.05, 3.63) is 11.7 Å².